The number of hydrogen-bond acceptors (Lipinski definition) is 8. The summed E-state index contributed by atoms with van der Waals surface area (Å²) >= 11 is 6.34. The van der Waals surface area contributed by atoms with Crippen LogP contribution >= 0.6 is 11.6 Å². The molecular formula is C28H32ClF2N7O3. The number of alkyl halides is 2. The first-order valence-electron chi connectivity index (χ1n) is 14.0. The molecule has 1 saturated heterocycles. The standard InChI is InChI=1S/C28H32ClF2N7O3/c1-16-3-5-17(6-4-16)14-38-24-21(34-26(38)37-7-8-40-20(15-37)11-28(2,30)31)10-22(25-35-27(39)41-36-25)33-23(24)18-9-19(29)13-32-12-18/h9-10,12-13,16-17,20H,3-8,11,14-15H2,1-2H3,(H,35,36,39). The minimum atomic E-state index is -2.84. The van der Waals surface area contributed by atoms with Crippen LogP contribution in [0.15, 0.2) is 33.8 Å². The fraction of sp³-hybridized carbons (Fsp3) is 0.536. The lowest BCUT2D eigenvalue weighted by molar-refractivity contribution is -0.0571. The fourth-order valence-corrected chi connectivity index (χ4v) is 6.13. The van der Waals surface area contributed by atoms with Crippen LogP contribution in [0.25, 0.3) is 33.8 Å². The second-order valence-electron chi connectivity index (χ2n) is 11.4. The molecule has 1 aliphatic carbocycles. The number of H-pyrrole nitrogens is 1. The van der Waals surface area contributed by atoms with Gasteiger partial charge in [-0.25, -0.2) is 23.5 Å². The van der Waals surface area contributed by atoms with Crippen LogP contribution in [-0.2, 0) is 11.3 Å². The van der Waals surface area contributed by atoms with Crippen molar-refractivity contribution in [1.29, 1.82) is 0 Å². The van der Waals surface area contributed by atoms with E-state index in [-0.39, 0.29) is 12.2 Å². The smallest absolute Gasteiger partial charge is 0.374 e. The van der Waals surface area contributed by atoms with Gasteiger partial charge in [0.05, 0.1) is 34.5 Å². The number of fused-ring (bicyclic) bond motifs is 1. The van der Waals surface area contributed by atoms with Gasteiger partial charge in [0, 0.05) is 44.0 Å². The Hall–Kier alpha value is -3.38. The lowest BCUT2D eigenvalue weighted by atomic mass is 9.83. The van der Waals surface area contributed by atoms with Crippen molar-refractivity contribution in [3.63, 3.8) is 0 Å². The van der Waals surface area contributed by atoms with E-state index in [1.165, 1.54) is 0 Å². The summed E-state index contributed by atoms with van der Waals surface area (Å²) in [6, 6.07) is 3.53. The summed E-state index contributed by atoms with van der Waals surface area (Å²) in [7, 11) is 0. The van der Waals surface area contributed by atoms with Gasteiger partial charge >= 0.3 is 5.76 Å². The maximum Gasteiger partial charge on any atom is 0.439 e. The van der Waals surface area contributed by atoms with Gasteiger partial charge in [-0.2, -0.15) is 0 Å². The Morgan fingerprint density at radius 3 is 2.68 bits per heavy atom. The molecule has 1 atom stereocenters. The molecule has 5 heterocycles. The molecule has 2 aliphatic rings. The van der Waals surface area contributed by atoms with Crippen LogP contribution < -0.4 is 10.7 Å². The van der Waals surface area contributed by atoms with Gasteiger partial charge in [0.25, 0.3) is 0 Å². The Labute approximate surface area is 240 Å². The molecule has 41 heavy (non-hydrogen) atoms. The number of ether oxygens (including phenoxy) is 1. The molecule has 2 fully saturated rings. The first-order chi connectivity index (χ1) is 19.6. The van der Waals surface area contributed by atoms with E-state index in [1.807, 2.05) is 4.90 Å². The molecule has 6 rings (SSSR count). The van der Waals surface area contributed by atoms with Crippen molar-refractivity contribution in [3.8, 4) is 22.8 Å². The highest BCUT2D eigenvalue weighted by Crippen LogP contribution is 2.37. The number of morpholine rings is 1. The van der Waals surface area contributed by atoms with Crippen molar-refractivity contribution in [1.82, 2.24) is 29.7 Å². The van der Waals surface area contributed by atoms with Gasteiger partial charge in [-0.05, 0) is 43.7 Å². The Morgan fingerprint density at radius 1 is 1.17 bits per heavy atom. The minimum Gasteiger partial charge on any atom is -0.374 e. The first-order valence-corrected chi connectivity index (χ1v) is 14.3. The van der Waals surface area contributed by atoms with Crippen LogP contribution in [0.4, 0.5) is 14.7 Å². The van der Waals surface area contributed by atoms with Crippen LogP contribution in [-0.4, -0.2) is 61.4 Å². The van der Waals surface area contributed by atoms with E-state index in [9.17, 15) is 13.6 Å². The normalized spacial score (nSPS) is 22.0. The second-order valence-corrected chi connectivity index (χ2v) is 11.9. The topological polar surface area (TPSA) is 115 Å². The van der Waals surface area contributed by atoms with Gasteiger partial charge in [-0.1, -0.05) is 36.5 Å². The number of nitrogens with one attached hydrogen (secondary N) is 1. The lowest BCUT2D eigenvalue weighted by Gasteiger charge is -2.35. The molecule has 10 nitrogen and oxygen atoms in total. The molecule has 1 N–H and O–H groups in total. The molecule has 0 amide bonds. The van der Waals surface area contributed by atoms with Crippen molar-refractivity contribution in [2.45, 2.75) is 64.5 Å². The van der Waals surface area contributed by atoms with E-state index in [0.717, 1.165) is 38.1 Å². The van der Waals surface area contributed by atoms with Gasteiger partial charge in [0.1, 0.15) is 5.69 Å². The molecule has 1 aliphatic heterocycles. The predicted molar refractivity (Wildman–Crippen MR) is 150 cm³/mol. The second kappa shape index (κ2) is 11.1. The third kappa shape index (κ3) is 6.13. The highest BCUT2D eigenvalue weighted by molar-refractivity contribution is 6.30. The zero-order valence-corrected chi connectivity index (χ0v) is 23.7. The van der Waals surface area contributed by atoms with E-state index >= 15 is 0 Å². The Balaban J connectivity index is 1.52. The van der Waals surface area contributed by atoms with Crippen LogP contribution in [0.2, 0.25) is 5.02 Å². The third-order valence-electron chi connectivity index (χ3n) is 7.95. The molecule has 1 unspecified atom stereocenters. The zero-order valence-electron chi connectivity index (χ0n) is 22.9. The number of aromatic amines is 1. The SMILES string of the molecule is CC1CCC(Cn2c(N3CCOC(CC(C)(F)F)C3)nc3cc(-c4noc(=O)[nH]4)nc(-c4cncc(Cl)c4)c32)CC1. The molecule has 4 aromatic heterocycles. The van der Waals surface area contributed by atoms with Gasteiger partial charge < -0.3 is 14.2 Å². The Bertz CT molecular complexity index is 1590. The van der Waals surface area contributed by atoms with E-state index in [2.05, 4.69) is 26.6 Å². The summed E-state index contributed by atoms with van der Waals surface area (Å²) in [5, 5.41) is 4.28. The molecule has 0 spiro atoms. The molecule has 0 aromatic carbocycles. The monoisotopic (exact) mass is 587 g/mol. The maximum atomic E-state index is 13.9. The Kier molecular flexibility index (Phi) is 7.54. The molecular weight excluding hydrogens is 556 g/mol. The maximum absolute atomic E-state index is 13.9. The highest BCUT2D eigenvalue weighted by atomic mass is 35.5. The molecule has 0 bridgehead atoms. The van der Waals surface area contributed by atoms with Crippen molar-refractivity contribution in [2.75, 3.05) is 24.6 Å². The van der Waals surface area contributed by atoms with Gasteiger partial charge in [-0.15, -0.1) is 0 Å². The Morgan fingerprint density at radius 2 is 1.98 bits per heavy atom. The van der Waals surface area contributed by atoms with E-state index in [0.29, 0.717) is 71.5 Å². The van der Waals surface area contributed by atoms with Crippen LogP contribution in [0.1, 0.15) is 46.0 Å². The van der Waals surface area contributed by atoms with Crippen molar-refractivity contribution in [3.05, 3.63) is 40.1 Å². The highest BCUT2D eigenvalue weighted by Gasteiger charge is 2.33. The summed E-state index contributed by atoms with van der Waals surface area (Å²) in [5.74, 6) is -1.57. The van der Waals surface area contributed by atoms with Gasteiger partial charge in [0.2, 0.25) is 17.7 Å². The van der Waals surface area contributed by atoms with E-state index in [4.69, 9.17) is 30.8 Å². The molecule has 1 saturated carbocycles. The zero-order chi connectivity index (χ0) is 28.7. The molecule has 0 radical (unpaired) electrons. The summed E-state index contributed by atoms with van der Waals surface area (Å²) in [6.45, 7) is 5.03. The van der Waals surface area contributed by atoms with Crippen molar-refractivity contribution in [2.24, 2.45) is 11.8 Å². The molecule has 13 heteroatoms. The predicted octanol–water partition coefficient (Wildman–Crippen LogP) is 5.57. The first kappa shape index (κ1) is 27.8. The fourth-order valence-electron chi connectivity index (χ4n) is 5.96. The van der Waals surface area contributed by atoms with Crippen LogP contribution in [0.5, 0.6) is 0 Å². The quantitative estimate of drug-likeness (QED) is 0.298. The van der Waals surface area contributed by atoms with Crippen molar-refractivity contribution >= 4 is 28.6 Å². The van der Waals surface area contributed by atoms with E-state index < -0.39 is 17.8 Å². The summed E-state index contributed by atoms with van der Waals surface area (Å²) in [4.78, 5) is 30.5. The average Bonchev–Trinajstić information content (AvgIpc) is 3.52. The average molecular weight is 588 g/mol. The van der Waals surface area contributed by atoms with Gasteiger partial charge in [0.15, 0.2) is 0 Å². The number of nitrogens with zero attached hydrogens (tertiary/aromatic N) is 6. The summed E-state index contributed by atoms with van der Waals surface area (Å²) in [5.41, 5.74) is 3.01. The third-order valence-corrected chi connectivity index (χ3v) is 8.16. The summed E-state index contributed by atoms with van der Waals surface area (Å²) in [6.07, 6.45) is 6.73. The van der Waals surface area contributed by atoms with Crippen LogP contribution in [0, 0.1) is 11.8 Å². The van der Waals surface area contributed by atoms with Gasteiger partial charge in [-0.3, -0.25) is 14.5 Å². The molecule has 4 aromatic rings. The van der Waals surface area contributed by atoms with Crippen molar-refractivity contribution < 1.29 is 18.0 Å². The number of hydrogen-bond donors (Lipinski definition) is 1. The minimum absolute atomic E-state index is 0.169. The number of aromatic nitrogens is 6. The van der Waals surface area contributed by atoms with Crippen LogP contribution in [0.3, 0.4) is 0 Å². The number of halogens is 3. The number of rotatable bonds is 7. The van der Waals surface area contributed by atoms with E-state index in [1.54, 1.807) is 24.5 Å². The number of imidazole rings is 1. The largest absolute Gasteiger partial charge is 0.439 e. The summed E-state index contributed by atoms with van der Waals surface area (Å²) < 4.78 is 40.5. The number of pyridine rings is 2. The molecule has 218 valence electrons. The number of anilines is 1. The lowest BCUT2D eigenvalue weighted by Crippen LogP contribution is -2.45.